The summed E-state index contributed by atoms with van der Waals surface area (Å²) in [6.45, 7) is 3.71. The van der Waals surface area contributed by atoms with Crippen LogP contribution in [-0.4, -0.2) is 34.7 Å². The molecule has 1 aliphatic carbocycles. The number of Topliss-reactive ketones (excluding diaryl/α,β-unsaturated/α-hetero) is 1. The van der Waals surface area contributed by atoms with Crippen molar-refractivity contribution in [1.82, 2.24) is 9.55 Å². The highest BCUT2D eigenvalue weighted by Crippen LogP contribution is 2.35. The Morgan fingerprint density at radius 2 is 1.78 bits per heavy atom. The maximum atomic E-state index is 13.4. The predicted octanol–water partition coefficient (Wildman–Crippen LogP) is 5.68. The summed E-state index contributed by atoms with van der Waals surface area (Å²) in [6, 6.07) is 15.2. The maximum Gasteiger partial charge on any atom is 0.339 e. The maximum absolute atomic E-state index is 13.4. The summed E-state index contributed by atoms with van der Waals surface area (Å²) in [5.41, 5.74) is 6.37. The number of aromatic nitrogens is 2. The number of aryl methyl sites for hydroxylation is 2. The van der Waals surface area contributed by atoms with Gasteiger partial charge in [0, 0.05) is 39.8 Å². The SMILES string of the molecule is Cc1cc(C(=O)COC(=O)c2c3c(nc4ccccc24)CCCCC3)c(C)n1-c1ccc2c(c1)OCO2. The van der Waals surface area contributed by atoms with Gasteiger partial charge < -0.3 is 18.8 Å². The highest BCUT2D eigenvalue weighted by Gasteiger charge is 2.25. The van der Waals surface area contributed by atoms with E-state index in [1.807, 2.05) is 66.9 Å². The monoisotopic (exact) mass is 496 g/mol. The van der Waals surface area contributed by atoms with Gasteiger partial charge in [0.25, 0.3) is 0 Å². The molecule has 0 fully saturated rings. The van der Waals surface area contributed by atoms with Crippen LogP contribution in [0.2, 0.25) is 0 Å². The molecule has 7 nitrogen and oxygen atoms in total. The molecule has 0 amide bonds. The van der Waals surface area contributed by atoms with Crippen LogP contribution in [0.3, 0.4) is 0 Å². The molecule has 4 aromatic rings. The van der Waals surface area contributed by atoms with Crippen molar-refractivity contribution in [3.8, 4) is 17.2 Å². The van der Waals surface area contributed by atoms with E-state index in [2.05, 4.69) is 0 Å². The lowest BCUT2D eigenvalue weighted by Gasteiger charge is -2.15. The number of fused-ring (bicyclic) bond motifs is 3. The largest absolute Gasteiger partial charge is 0.454 e. The third kappa shape index (κ3) is 4.14. The lowest BCUT2D eigenvalue weighted by Crippen LogP contribution is -2.17. The first-order valence-electron chi connectivity index (χ1n) is 12.7. The number of carbonyl (C=O) groups excluding carboxylic acids is 2. The number of nitrogens with zero attached hydrogens (tertiary/aromatic N) is 2. The fourth-order valence-electron chi connectivity index (χ4n) is 5.53. The van der Waals surface area contributed by atoms with E-state index >= 15 is 0 Å². The zero-order chi connectivity index (χ0) is 25.5. The molecule has 7 heteroatoms. The summed E-state index contributed by atoms with van der Waals surface area (Å²) in [5, 5.41) is 0.779. The van der Waals surface area contributed by atoms with Crippen LogP contribution in [0.1, 0.15) is 62.6 Å². The Hall–Kier alpha value is -4.13. The Bertz CT molecular complexity index is 1550. The number of ketones is 1. The van der Waals surface area contributed by atoms with Gasteiger partial charge in [0.15, 0.2) is 18.1 Å². The minimum absolute atomic E-state index is 0.202. The standard InChI is InChI=1S/C30H28N2O5/c1-18-14-23(19(2)32(18)20-12-13-27-28(15-20)37-17-36-27)26(33)16-35-30(34)29-21-8-4-3-5-10-24(21)31-25-11-7-6-9-22(25)29/h6-7,9,11-15H,3-5,8,10,16-17H2,1-2H3. The van der Waals surface area contributed by atoms with E-state index in [0.717, 1.165) is 71.3 Å². The molecule has 0 N–H and O–H groups in total. The van der Waals surface area contributed by atoms with Gasteiger partial charge in [-0.05, 0) is 69.4 Å². The van der Waals surface area contributed by atoms with Crippen LogP contribution in [0.25, 0.3) is 16.6 Å². The second kappa shape index (κ2) is 9.39. The highest BCUT2D eigenvalue weighted by molar-refractivity contribution is 6.06. The van der Waals surface area contributed by atoms with Crippen molar-refractivity contribution >= 4 is 22.7 Å². The number of esters is 1. The van der Waals surface area contributed by atoms with Crippen molar-refractivity contribution in [2.45, 2.75) is 46.0 Å². The fraction of sp³-hybridized carbons (Fsp3) is 0.300. The minimum Gasteiger partial charge on any atom is -0.454 e. The van der Waals surface area contributed by atoms with Crippen LogP contribution in [-0.2, 0) is 17.6 Å². The average Bonchev–Trinajstić information content (AvgIpc) is 3.40. The molecule has 37 heavy (non-hydrogen) atoms. The van der Waals surface area contributed by atoms with Crippen LogP contribution in [0.5, 0.6) is 11.5 Å². The van der Waals surface area contributed by atoms with Crippen molar-refractivity contribution in [2.75, 3.05) is 13.4 Å². The van der Waals surface area contributed by atoms with Crippen LogP contribution >= 0.6 is 0 Å². The molecular weight excluding hydrogens is 468 g/mol. The Morgan fingerprint density at radius 1 is 0.973 bits per heavy atom. The van der Waals surface area contributed by atoms with Crippen molar-refractivity contribution in [3.63, 3.8) is 0 Å². The fourth-order valence-corrected chi connectivity index (χ4v) is 5.53. The minimum atomic E-state index is -0.463. The van der Waals surface area contributed by atoms with Gasteiger partial charge in [0.2, 0.25) is 12.6 Å². The molecule has 0 spiro atoms. The van der Waals surface area contributed by atoms with Crippen LogP contribution in [0, 0.1) is 13.8 Å². The lowest BCUT2D eigenvalue weighted by atomic mass is 9.97. The second-order valence-corrected chi connectivity index (χ2v) is 9.65. The van der Waals surface area contributed by atoms with Gasteiger partial charge in [0.05, 0.1) is 11.1 Å². The summed E-state index contributed by atoms with van der Waals surface area (Å²) in [5.74, 6) is 0.680. The number of hydrogen-bond donors (Lipinski definition) is 0. The molecular formula is C30H28N2O5. The summed E-state index contributed by atoms with van der Waals surface area (Å²) >= 11 is 0. The molecule has 6 rings (SSSR count). The number of benzene rings is 2. The van der Waals surface area contributed by atoms with Crippen molar-refractivity contribution in [2.24, 2.45) is 0 Å². The van der Waals surface area contributed by atoms with E-state index in [4.69, 9.17) is 19.2 Å². The van der Waals surface area contributed by atoms with E-state index in [9.17, 15) is 9.59 Å². The first kappa shape index (κ1) is 23.3. The zero-order valence-electron chi connectivity index (χ0n) is 21.0. The molecule has 1 aliphatic heterocycles. The summed E-state index contributed by atoms with van der Waals surface area (Å²) in [4.78, 5) is 31.5. The Kier molecular flexibility index (Phi) is 5.91. The normalized spacial score (nSPS) is 14.3. The van der Waals surface area contributed by atoms with E-state index in [-0.39, 0.29) is 19.2 Å². The van der Waals surface area contributed by atoms with Gasteiger partial charge in [-0.3, -0.25) is 9.78 Å². The third-order valence-corrected chi connectivity index (χ3v) is 7.30. The molecule has 188 valence electrons. The molecule has 2 aromatic heterocycles. The Labute approximate surface area is 215 Å². The predicted molar refractivity (Wildman–Crippen MR) is 139 cm³/mol. The van der Waals surface area contributed by atoms with E-state index in [1.165, 1.54) is 0 Å². The first-order chi connectivity index (χ1) is 18.0. The summed E-state index contributed by atoms with van der Waals surface area (Å²) < 4.78 is 18.6. The van der Waals surface area contributed by atoms with Gasteiger partial charge in [0.1, 0.15) is 0 Å². The highest BCUT2D eigenvalue weighted by atomic mass is 16.7. The number of ether oxygens (including phenoxy) is 3. The first-order valence-corrected chi connectivity index (χ1v) is 12.7. The zero-order valence-corrected chi connectivity index (χ0v) is 21.0. The number of para-hydroxylation sites is 1. The molecule has 2 aliphatic rings. The average molecular weight is 497 g/mol. The number of rotatable bonds is 5. The van der Waals surface area contributed by atoms with Crippen LogP contribution in [0.4, 0.5) is 0 Å². The van der Waals surface area contributed by atoms with Gasteiger partial charge in [-0.2, -0.15) is 0 Å². The number of pyridine rings is 1. The van der Waals surface area contributed by atoms with E-state index in [1.54, 1.807) is 0 Å². The van der Waals surface area contributed by atoms with Gasteiger partial charge in [-0.15, -0.1) is 0 Å². The van der Waals surface area contributed by atoms with E-state index < -0.39 is 5.97 Å². The van der Waals surface area contributed by atoms with E-state index in [0.29, 0.717) is 22.6 Å². The Balaban J connectivity index is 1.27. The molecule has 0 unspecified atom stereocenters. The number of hydrogen-bond acceptors (Lipinski definition) is 6. The van der Waals surface area contributed by atoms with Crippen molar-refractivity contribution < 1.29 is 23.8 Å². The van der Waals surface area contributed by atoms with Gasteiger partial charge >= 0.3 is 5.97 Å². The molecule has 2 aromatic carbocycles. The van der Waals surface area contributed by atoms with Crippen molar-refractivity contribution in [1.29, 1.82) is 0 Å². The molecule has 0 bridgehead atoms. The number of carbonyl (C=O) groups is 2. The quantitative estimate of drug-likeness (QED) is 0.201. The third-order valence-electron chi connectivity index (χ3n) is 7.30. The second-order valence-electron chi connectivity index (χ2n) is 9.65. The molecule has 0 saturated carbocycles. The van der Waals surface area contributed by atoms with Gasteiger partial charge in [-0.1, -0.05) is 24.6 Å². The smallest absolute Gasteiger partial charge is 0.339 e. The van der Waals surface area contributed by atoms with Gasteiger partial charge in [-0.25, -0.2) is 4.79 Å². The molecule has 0 radical (unpaired) electrons. The summed E-state index contributed by atoms with van der Waals surface area (Å²) in [6.07, 6.45) is 4.83. The Morgan fingerprint density at radius 3 is 2.68 bits per heavy atom. The van der Waals surface area contributed by atoms with Crippen molar-refractivity contribution in [3.05, 3.63) is 82.3 Å². The van der Waals surface area contributed by atoms with Crippen LogP contribution in [0.15, 0.2) is 48.5 Å². The van der Waals surface area contributed by atoms with Crippen LogP contribution < -0.4 is 9.47 Å². The molecule has 0 atom stereocenters. The molecule has 0 saturated heterocycles. The topological polar surface area (TPSA) is 79.7 Å². The molecule has 3 heterocycles. The lowest BCUT2D eigenvalue weighted by molar-refractivity contribution is 0.0475. The summed E-state index contributed by atoms with van der Waals surface area (Å²) in [7, 11) is 0.